The molecule has 18 heavy (non-hydrogen) atoms. The SMILES string of the molecule is CCCOCc1nnc(SCC(=O)O)n1CCC. The number of aromatic nitrogens is 3. The zero-order valence-electron chi connectivity index (χ0n) is 10.8. The van der Waals surface area contributed by atoms with E-state index in [-0.39, 0.29) is 5.75 Å². The third-order valence-electron chi connectivity index (χ3n) is 2.15. The van der Waals surface area contributed by atoms with Crippen molar-refractivity contribution in [2.75, 3.05) is 12.4 Å². The van der Waals surface area contributed by atoms with Crippen LogP contribution in [0.25, 0.3) is 0 Å². The Morgan fingerprint density at radius 3 is 2.78 bits per heavy atom. The molecular weight excluding hydrogens is 254 g/mol. The summed E-state index contributed by atoms with van der Waals surface area (Å²) in [5.41, 5.74) is 0. The van der Waals surface area contributed by atoms with Crippen LogP contribution in [0.2, 0.25) is 0 Å². The summed E-state index contributed by atoms with van der Waals surface area (Å²) in [5.74, 6) is -0.0921. The van der Waals surface area contributed by atoms with Crippen LogP contribution >= 0.6 is 11.8 Å². The molecule has 7 heteroatoms. The molecule has 0 aliphatic rings. The van der Waals surface area contributed by atoms with Crippen LogP contribution in [0.5, 0.6) is 0 Å². The highest BCUT2D eigenvalue weighted by molar-refractivity contribution is 7.99. The van der Waals surface area contributed by atoms with Crippen LogP contribution in [0.15, 0.2) is 5.16 Å². The van der Waals surface area contributed by atoms with E-state index in [0.29, 0.717) is 18.4 Å². The lowest BCUT2D eigenvalue weighted by Gasteiger charge is -2.08. The Hall–Kier alpha value is -1.08. The first-order chi connectivity index (χ1) is 8.69. The van der Waals surface area contributed by atoms with Gasteiger partial charge in [-0.25, -0.2) is 0 Å². The predicted molar refractivity (Wildman–Crippen MR) is 68.6 cm³/mol. The highest BCUT2D eigenvalue weighted by atomic mass is 32.2. The average Bonchev–Trinajstić information content (AvgIpc) is 2.71. The summed E-state index contributed by atoms with van der Waals surface area (Å²) in [6.45, 7) is 6.00. The van der Waals surface area contributed by atoms with E-state index >= 15 is 0 Å². The molecule has 1 aromatic rings. The Labute approximate surface area is 111 Å². The van der Waals surface area contributed by atoms with Crippen LogP contribution in [0.3, 0.4) is 0 Å². The Bertz CT molecular complexity index is 382. The topological polar surface area (TPSA) is 77.2 Å². The van der Waals surface area contributed by atoms with Gasteiger partial charge in [0.15, 0.2) is 11.0 Å². The van der Waals surface area contributed by atoms with E-state index in [9.17, 15) is 4.79 Å². The Balaban J connectivity index is 2.68. The van der Waals surface area contributed by atoms with Crippen molar-refractivity contribution in [1.29, 1.82) is 0 Å². The first-order valence-electron chi connectivity index (χ1n) is 6.03. The van der Waals surface area contributed by atoms with Crippen LogP contribution in [0.4, 0.5) is 0 Å². The Kier molecular flexibility index (Phi) is 6.74. The molecule has 1 N–H and O–H groups in total. The van der Waals surface area contributed by atoms with Crippen molar-refractivity contribution in [2.24, 2.45) is 0 Å². The van der Waals surface area contributed by atoms with Crippen molar-refractivity contribution in [3.8, 4) is 0 Å². The summed E-state index contributed by atoms with van der Waals surface area (Å²) >= 11 is 1.19. The lowest BCUT2D eigenvalue weighted by molar-refractivity contribution is -0.133. The van der Waals surface area contributed by atoms with Gasteiger partial charge >= 0.3 is 5.97 Å². The normalized spacial score (nSPS) is 10.8. The molecular formula is C11H19N3O3S. The minimum atomic E-state index is -0.852. The molecule has 0 saturated heterocycles. The molecule has 0 aliphatic carbocycles. The van der Waals surface area contributed by atoms with E-state index in [4.69, 9.17) is 9.84 Å². The number of nitrogens with zero attached hydrogens (tertiary/aromatic N) is 3. The molecule has 0 saturated carbocycles. The molecule has 0 fully saturated rings. The second-order valence-corrected chi connectivity index (χ2v) is 4.73. The molecule has 0 aliphatic heterocycles. The lowest BCUT2D eigenvalue weighted by atomic mass is 10.4. The number of aliphatic carboxylic acids is 1. The fourth-order valence-electron chi connectivity index (χ4n) is 1.41. The first-order valence-corrected chi connectivity index (χ1v) is 7.02. The fourth-order valence-corrected chi connectivity index (χ4v) is 2.12. The summed E-state index contributed by atoms with van der Waals surface area (Å²) in [6.07, 6.45) is 1.90. The zero-order chi connectivity index (χ0) is 13.4. The van der Waals surface area contributed by atoms with Crippen molar-refractivity contribution in [3.05, 3.63) is 5.82 Å². The summed E-state index contributed by atoms with van der Waals surface area (Å²) < 4.78 is 7.38. The third kappa shape index (κ3) is 4.66. The molecule has 102 valence electrons. The van der Waals surface area contributed by atoms with Crippen molar-refractivity contribution in [3.63, 3.8) is 0 Å². The number of carbonyl (C=O) groups is 1. The highest BCUT2D eigenvalue weighted by Gasteiger charge is 2.13. The van der Waals surface area contributed by atoms with Gasteiger partial charge in [0.05, 0.1) is 5.75 Å². The van der Waals surface area contributed by atoms with Crippen LogP contribution in [-0.2, 0) is 22.7 Å². The van der Waals surface area contributed by atoms with Crippen molar-refractivity contribution in [2.45, 2.75) is 45.0 Å². The zero-order valence-corrected chi connectivity index (χ0v) is 11.6. The smallest absolute Gasteiger partial charge is 0.313 e. The molecule has 0 radical (unpaired) electrons. The minimum Gasteiger partial charge on any atom is -0.481 e. The molecule has 6 nitrogen and oxygen atoms in total. The van der Waals surface area contributed by atoms with Crippen molar-refractivity contribution in [1.82, 2.24) is 14.8 Å². The summed E-state index contributed by atoms with van der Waals surface area (Å²) in [5, 5.41) is 17.4. The van der Waals surface area contributed by atoms with E-state index in [1.165, 1.54) is 11.8 Å². The fraction of sp³-hybridized carbons (Fsp3) is 0.727. The van der Waals surface area contributed by atoms with Crippen LogP contribution in [-0.4, -0.2) is 38.2 Å². The maximum absolute atomic E-state index is 10.6. The van der Waals surface area contributed by atoms with Gasteiger partial charge in [-0.3, -0.25) is 4.79 Å². The monoisotopic (exact) mass is 273 g/mol. The minimum absolute atomic E-state index is 0.00232. The number of rotatable bonds is 9. The average molecular weight is 273 g/mol. The molecule has 0 spiro atoms. The Morgan fingerprint density at radius 1 is 1.39 bits per heavy atom. The van der Waals surface area contributed by atoms with Gasteiger partial charge in [0.2, 0.25) is 0 Å². The van der Waals surface area contributed by atoms with Gasteiger partial charge in [-0.2, -0.15) is 0 Å². The van der Waals surface area contributed by atoms with Gasteiger partial charge in [0.25, 0.3) is 0 Å². The van der Waals surface area contributed by atoms with E-state index in [0.717, 1.165) is 25.2 Å². The van der Waals surface area contributed by atoms with Gasteiger partial charge in [-0.05, 0) is 12.8 Å². The number of hydrogen-bond acceptors (Lipinski definition) is 5. The van der Waals surface area contributed by atoms with E-state index in [1.807, 2.05) is 11.5 Å². The number of carboxylic acids is 1. The molecule has 0 bridgehead atoms. The molecule has 0 aromatic carbocycles. The van der Waals surface area contributed by atoms with Gasteiger partial charge in [-0.1, -0.05) is 25.6 Å². The highest BCUT2D eigenvalue weighted by Crippen LogP contribution is 2.17. The lowest BCUT2D eigenvalue weighted by Crippen LogP contribution is -2.08. The summed E-state index contributed by atoms with van der Waals surface area (Å²) in [4.78, 5) is 10.6. The maximum Gasteiger partial charge on any atom is 0.313 e. The molecule has 0 amide bonds. The molecule has 0 atom stereocenters. The van der Waals surface area contributed by atoms with Crippen LogP contribution in [0, 0.1) is 0 Å². The molecule has 1 rings (SSSR count). The largest absolute Gasteiger partial charge is 0.481 e. The second kappa shape index (κ2) is 8.10. The number of ether oxygens (including phenoxy) is 1. The van der Waals surface area contributed by atoms with Crippen molar-refractivity contribution < 1.29 is 14.6 Å². The quantitative estimate of drug-likeness (QED) is 0.546. The Morgan fingerprint density at radius 2 is 2.17 bits per heavy atom. The van der Waals surface area contributed by atoms with Gasteiger partial charge in [0.1, 0.15) is 6.61 Å². The first kappa shape index (κ1) is 15.0. The van der Waals surface area contributed by atoms with Gasteiger partial charge in [-0.15, -0.1) is 10.2 Å². The summed E-state index contributed by atoms with van der Waals surface area (Å²) in [6, 6.07) is 0. The molecule has 1 heterocycles. The van der Waals surface area contributed by atoms with Gasteiger partial charge in [0, 0.05) is 13.2 Å². The predicted octanol–water partition coefficient (Wildman–Crippen LogP) is 1.79. The summed E-state index contributed by atoms with van der Waals surface area (Å²) in [7, 11) is 0. The number of hydrogen-bond donors (Lipinski definition) is 1. The molecule has 0 unspecified atom stereocenters. The standard InChI is InChI=1S/C11H19N3O3S/c1-3-5-14-9(7-17-6-4-2)12-13-11(14)18-8-10(15)16/h3-8H2,1-2H3,(H,15,16). The number of thioether (sulfide) groups is 1. The van der Waals surface area contributed by atoms with E-state index in [1.54, 1.807) is 0 Å². The third-order valence-corrected chi connectivity index (χ3v) is 3.10. The van der Waals surface area contributed by atoms with E-state index < -0.39 is 5.97 Å². The van der Waals surface area contributed by atoms with Crippen molar-refractivity contribution >= 4 is 17.7 Å². The maximum atomic E-state index is 10.6. The van der Waals surface area contributed by atoms with Crippen LogP contribution < -0.4 is 0 Å². The van der Waals surface area contributed by atoms with Gasteiger partial charge < -0.3 is 14.4 Å². The second-order valence-electron chi connectivity index (χ2n) is 3.79. The van der Waals surface area contributed by atoms with E-state index in [2.05, 4.69) is 17.1 Å². The number of carboxylic acid groups (broad SMARTS) is 1. The van der Waals surface area contributed by atoms with Crippen LogP contribution in [0.1, 0.15) is 32.5 Å². The molecule has 1 aromatic heterocycles.